The minimum Gasteiger partial charge on any atom is -0.485 e. The molecule has 1 heteroatoms. The second-order valence-corrected chi connectivity index (χ2v) is 4.66. The van der Waals surface area contributed by atoms with Crippen molar-refractivity contribution in [1.29, 1.82) is 0 Å². The van der Waals surface area contributed by atoms with E-state index < -0.39 is 0 Å². The third-order valence-electron chi connectivity index (χ3n) is 3.49. The Morgan fingerprint density at radius 3 is 2.33 bits per heavy atom. The van der Waals surface area contributed by atoms with Crippen LogP contribution in [0.5, 0.6) is 5.75 Å². The molecule has 0 radical (unpaired) electrons. The van der Waals surface area contributed by atoms with Crippen molar-refractivity contribution in [1.82, 2.24) is 0 Å². The highest BCUT2D eigenvalue weighted by atomic mass is 16.5. The van der Waals surface area contributed by atoms with Gasteiger partial charge in [0.2, 0.25) is 0 Å². The number of allylic oxidation sites excluding steroid dienone is 1. The Morgan fingerprint density at radius 1 is 0.889 bits per heavy atom. The molecule has 1 aliphatic heterocycles. The minimum atomic E-state index is 0.0994. The average Bonchev–Trinajstić information content (AvgIpc) is 2.40. The van der Waals surface area contributed by atoms with Gasteiger partial charge in [-0.25, -0.2) is 0 Å². The first-order valence-electron chi connectivity index (χ1n) is 6.29. The van der Waals surface area contributed by atoms with Crippen molar-refractivity contribution >= 4 is 11.1 Å². The maximum Gasteiger partial charge on any atom is 0.127 e. The Hall–Kier alpha value is -2.02. The zero-order chi connectivity index (χ0) is 12.5. The van der Waals surface area contributed by atoms with Crippen molar-refractivity contribution in [2.75, 3.05) is 0 Å². The predicted octanol–water partition coefficient (Wildman–Crippen LogP) is 4.40. The fourth-order valence-electron chi connectivity index (χ4n) is 2.65. The monoisotopic (exact) mass is 236 g/mol. The molecule has 1 nitrogen and oxygen atoms in total. The molecule has 0 aliphatic carbocycles. The van der Waals surface area contributed by atoms with Crippen molar-refractivity contribution in [2.45, 2.75) is 20.0 Å². The summed E-state index contributed by atoms with van der Waals surface area (Å²) in [4.78, 5) is 0. The Labute approximate surface area is 108 Å². The highest BCUT2D eigenvalue weighted by Crippen LogP contribution is 2.39. The van der Waals surface area contributed by atoms with E-state index in [2.05, 4.69) is 50.2 Å². The summed E-state index contributed by atoms with van der Waals surface area (Å²) >= 11 is 0. The van der Waals surface area contributed by atoms with Crippen LogP contribution >= 0.6 is 0 Å². The average molecular weight is 236 g/mol. The highest BCUT2D eigenvalue weighted by Gasteiger charge is 2.23. The van der Waals surface area contributed by atoms with Crippen LogP contribution in [0.25, 0.3) is 11.1 Å². The lowest BCUT2D eigenvalue weighted by atomic mass is 9.90. The van der Waals surface area contributed by atoms with Crippen LogP contribution in [0.1, 0.15) is 25.0 Å². The largest absolute Gasteiger partial charge is 0.485 e. The standard InChI is InChI=1S/C17H16O/c1-12-15-10-6-7-11-16(15)18-13(2)17(12)14-8-4-3-5-9-14/h3-11,13H,1-2H3. The minimum absolute atomic E-state index is 0.0994. The summed E-state index contributed by atoms with van der Waals surface area (Å²) in [7, 11) is 0. The molecule has 0 amide bonds. The van der Waals surface area contributed by atoms with Gasteiger partial charge in [-0.2, -0.15) is 0 Å². The topological polar surface area (TPSA) is 9.23 Å². The normalized spacial score (nSPS) is 18.2. The van der Waals surface area contributed by atoms with E-state index >= 15 is 0 Å². The van der Waals surface area contributed by atoms with E-state index in [4.69, 9.17) is 4.74 Å². The second-order valence-electron chi connectivity index (χ2n) is 4.66. The lowest BCUT2D eigenvalue weighted by Crippen LogP contribution is -2.19. The molecule has 18 heavy (non-hydrogen) atoms. The van der Waals surface area contributed by atoms with Crippen molar-refractivity contribution in [3.8, 4) is 5.75 Å². The van der Waals surface area contributed by atoms with Gasteiger partial charge < -0.3 is 4.74 Å². The molecule has 1 heterocycles. The summed E-state index contributed by atoms with van der Waals surface area (Å²) in [6, 6.07) is 18.7. The van der Waals surface area contributed by atoms with E-state index in [0.717, 1.165) is 5.75 Å². The molecule has 2 aromatic carbocycles. The first-order chi connectivity index (χ1) is 8.77. The molecule has 0 bridgehead atoms. The second kappa shape index (κ2) is 4.34. The maximum absolute atomic E-state index is 6.01. The predicted molar refractivity (Wildman–Crippen MR) is 75.5 cm³/mol. The molecule has 1 unspecified atom stereocenters. The van der Waals surface area contributed by atoms with E-state index in [1.165, 1.54) is 22.3 Å². The summed E-state index contributed by atoms with van der Waals surface area (Å²) in [6.45, 7) is 4.29. The number of para-hydroxylation sites is 1. The van der Waals surface area contributed by atoms with Gasteiger partial charge in [0, 0.05) is 11.1 Å². The van der Waals surface area contributed by atoms with Gasteiger partial charge >= 0.3 is 0 Å². The van der Waals surface area contributed by atoms with E-state index in [9.17, 15) is 0 Å². The van der Waals surface area contributed by atoms with Crippen LogP contribution in [0.4, 0.5) is 0 Å². The van der Waals surface area contributed by atoms with Crippen LogP contribution in [-0.2, 0) is 0 Å². The Bertz CT molecular complexity index is 596. The van der Waals surface area contributed by atoms with Crippen molar-refractivity contribution in [3.05, 3.63) is 65.7 Å². The molecule has 1 aliphatic rings. The molecular formula is C17H16O. The van der Waals surface area contributed by atoms with Gasteiger partial charge in [0.05, 0.1) is 0 Å². The number of ether oxygens (including phenoxy) is 1. The van der Waals surface area contributed by atoms with Gasteiger partial charge in [-0.1, -0.05) is 48.5 Å². The fourth-order valence-corrected chi connectivity index (χ4v) is 2.65. The van der Waals surface area contributed by atoms with Gasteiger partial charge in [0.25, 0.3) is 0 Å². The van der Waals surface area contributed by atoms with E-state index in [1.807, 2.05) is 18.2 Å². The first-order valence-corrected chi connectivity index (χ1v) is 6.29. The third kappa shape index (κ3) is 1.72. The van der Waals surface area contributed by atoms with Crippen molar-refractivity contribution in [3.63, 3.8) is 0 Å². The summed E-state index contributed by atoms with van der Waals surface area (Å²) in [5.74, 6) is 0.988. The molecule has 90 valence electrons. The number of benzene rings is 2. The smallest absolute Gasteiger partial charge is 0.127 e. The van der Waals surface area contributed by atoms with Gasteiger partial charge in [-0.15, -0.1) is 0 Å². The number of hydrogen-bond donors (Lipinski definition) is 0. The van der Waals surface area contributed by atoms with E-state index in [0.29, 0.717) is 0 Å². The Morgan fingerprint density at radius 2 is 1.56 bits per heavy atom. The Kier molecular flexibility index (Phi) is 2.67. The van der Waals surface area contributed by atoms with Crippen molar-refractivity contribution < 1.29 is 4.74 Å². The quantitative estimate of drug-likeness (QED) is 0.713. The lowest BCUT2D eigenvalue weighted by molar-refractivity contribution is 0.274. The summed E-state index contributed by atoms with van der Waals surface area (Å²) < 4.78 is 6.01. The third-order valence-corrected chi connectivity index (χ3v) is 3.49. The molecule has 3 rings (SSSR count). The lowest BCUT2D eigenvalue weighted by Gasteiger charge is -2.28. The molecular weight excluding hydrogens is 220 g/mol. The molecule has 0 saturated heterocycles. The van der Waals surface area contributed by atoms with Crippen LogP contribution in [0.3, 0.4) is 0 Å². The van der Waals surface area contributed by atoms with Crippen LogP contribution in [0.2, 0.25) is 0 Å². The molecule has 0 N–H and O–H groups in total. The molecule has 0 fully saturated rings. The maximum atomic E-state index is 6.01. The van der Waals surface area contributed by atoms with Gasteiger partial charge in [-0.3, -0.25) is 0 Å². The van der Waals surface area contributed by atoms with Crippen molar-refractivity contribution in [2.24, 2.45) is 0 Å². The number of hydrogen-bond acceptors (Lipinski definition) is 1. The SMILES string of the molecule is CC1=C(c2ccccc2)C(C)Oc2ccccc21. The highest BCUT2D eigenvalue weighted by molar-refractivity contribution is 5.94. The molecule has 0 aromatic heterocycles. The summed E-state index contributed by atoms with van der Waals surface area (Å²) in [5.41, 5.74) is 5.05. The van der Waals surface area contributed by atoms with Crippen LogP contribution in [0, 0.1) is 0 Å². The zero-order valence-corrected chi connectivity index (χ0v) is 10.7. The summed E-state index contributed by atoms with van der Waals surface area (Å²) in [6.07, 6.45) is 0.0994. The van der Waals surface area contributed by atoms with Gasteiger partial charge in [-0.05, 0) is 31.1 Å². The molecule has 2 aromatic rings. The Balaban J connectivity index is 2.20. The zero-order valence-electron chi connectivity index (χ0n) is 10.7. The molecule has 0 saturated carbocycles. The van der Waals surface area contributed by atoms with Crippen LogP contribution in [0.15, 0.2) is 54.6 Å². The number of rotatable bonds is 1. The van der Waals surface area contributed by atoms with Crippen LogP contribution < -0.4 is 4.74 Å². The first kappa shape index (κ1) is 11.1. The van der Waals surface area contributed by atoms with E-state index in [1.54, 1.807) is 0 Å². The fraction of sp³-hybridized carbons (Fsp3) is 0.176. The van der Waals surface area contributed by atoms with Gasteiger partial charge in [0.1, 0.15) is 11.9 Å². The van der Waals surface area contributed by atoms with E-state index in [-0.39, 0.29) is 6.10 Å². The summed E-state index contributed by atoms with van der Waals surface area (Å²) in [5, 5.41) is 0. The molecule has 1 atom stereocenters. The number of fused-ring (bicyclic) bond motifs is 1. The van der Waals surface area contributed by atoms with Crippen LogP contribution in [-0.4, -0.2) is 6.10 Å². The van der Waals surface area contributed by atoms with Gasteiger partial charge in [0.15, 0.2) is 0 Å². The molecule has 0 spiro atoms.